The van der Waals surface area contributed by atoms with Gasteiger partial charge in [-0.2, -0.15) is 5.10 Å². The molecule has 1 saturated heterocycles. The molecule has 1 aliphatic rings. The summed E-state index contributed by atoms with van der Waals surface area (Å²) in [6, 6.07) is 9.96. The van der Waals surface area contributed by atoms with Crippen molar-refractivity contribution in [1.82, 2.24) is 24.7 Å². The lowest BCUT2D eigenvalue weighted by Gasteiger charge is -2.32. The fraction of sp³-hybridized carbons (Fsp3) is 0.429. The quantitative estimate of drug-likeness (QED) is 0.738. The van der Waals surface area contributed by atoms with Crippen molar-refractivity contribution in [2.75, 3.05) is 18.0 Å². The summed E-state index contributed by atoms with van der Waals surface area (Å²) in [6.07, 6.45) is 5.51. The molecule has 0 saturated carbocycles. The van der Waals surface area contributed by atoms with Gasteiger partial charge < -0.3 is 9.47 Å². The second kappa shape index (κ2) is 7.96. The molecule has 1 aromatic carbocycles. The van der Waals surface area contributed by atoms with Crippen molar-refractivity contribution in [1.29, 1.82) is 0 Å². The standard InChI is InChI=1S/C21H26N6O/c1-15(2)13-27-12-10-22-20(21(27)28)26-11-6-9-17(14-26)19-23-18(24-25-19)16-7-4-3-5-8-16/h3-5,7-8,10,12,15,17H,6,9,11,13-14H2,1-2H3,(H,23,24,25). The summed E-state index contributed by atoms with van der Waals surface area (Å²) in [6.45, 7) is 6.48. The van der Waals surface area contributed by atoms with Crippen molar-refractivity contribution in [2.24, 2.45) is 5.92 Å². The second-order valence-electron chi connectivity index (χ2n) is 7.80. The number of nitrogens with one attached hydrogen (secondary N) is 1. The van der Waals surface area contributed by atoms with Gasteiger partial charge in [0.25, 0.3) is 5.56 Å². The summed E-state index contributed by atoms with van der Waals surface area (Å²) in [5.74, 6) is 2.74. The van der Waals surface area contributed by atoms with Gasteiger partial charge in [0.05, 0.1) is 0 Å². The molecule has 1 atom stereocenters. The molecule has 28 heavy (non-hydrogen) atoms. The molecule has 1 fully saturated rings. The predicted octanol–water partition coefficient (Wildman–Crippen LogP) is 3.07. The highest BCUT2D eigenvalue weighted by Crippen LogP contribution is 2.27. The Labute approximate surface area is 164 Å². The Morgan fingerprint density at radius 2 is 2.07 bits per heavy atom. The van der Waals surface area contributed by atoms with Gasteiger partial charge in [-0.05, 0) is 18.8 Å². The summed E-state index contributed by atoms with van der Waals surface area (Å²) >= 11 is 0. The first-order chi connectivity index (χ1) is 13.6. The van der Waals surface area contributed by atoms with Crippen LogP contribution in [0.1, 0.15) is 38.4 Å². The van der Waals surface area contributed by atoms with E-state index in [1.807, 2.05) is 30.3 Å². The molecule has 1 unspecified atom stereocenters. The lowest BCUT2D eigenvalue weighted by Crippen LogP contribution is -2.40. The molecule has 0 aliphatic carbocycles. The van der Waals surface area contributed by atoms with E-state index >= 15 is 0 Å². The van der Waals surface area contributed by atoms with Crippen LogP contribution < -0.4 is 10.5 Å². The molecular formula is C21H26N6O. The van der Waals surface area contributed by atoms with Crippen LogP contribution >= 0.6 is 0 Å². The minimum absolute atomic E-state index is 0.0144. The van der Waals surface area contributed by atoms with Crippen molar-refractivity contribution in [3.05, 3.63) is 58.9 Å². The van der Waals surface area contributed by atoms with E-state index in [4.69, 9.17) is 4.98 Å². The van der Waals surface area contributed by atoms with E-state index in [9.17, 15) is 4.79 Å². The number of benzene rings is 1. The van der Waals surface area contributed by atoms with Crippen molar-refractivity contribution in [3.63, 3.8) is 0 Å². The van der Waals surface area contributed by atoms with E-state index in [1.54, 1.807) is 17.0 Å². The minimum Gasteiger partial charge on any atom is -0.351 e. The van der Waals surface area contributed by atoms with Crippen LogP contribution in [0.2, 0.25) is 0 Å². The Morgan fingerprint density at radius 3 is 2.86 bits per heavy atom. The Morgan fingerprint density at radius 1 is 1.25 bits per heavy atom. The van der Waals surface area contributed by atoms with Crippen LogP contribution in [0.15, 0.2) is 47.5 Å². The zero-order valence-corrected chi connectivity index (χ0v) is 16.4. The van der Waals surface area contributed by atoms with Gasteiger partial charge in [-0.25, -0.2) is 9.97 Å². The second-order valence-corrected chi connectivity index (χ2v) is 7.80. The molecule has 0 bridgehead atoms. The molecule has 0 amide bonds. The van der Waals surface area contributed by atoms with Crippen LogP contribution in [0.5, 0.6) is 0 Å². The van der Waals surface area contributed by atoms with Crippen LogP contribution in [-0.2, 0) is 6.54 Å². The molecular weight excluding hydrogens is 352 g/mol. The molecule has 2 aromatic heterocycles. The van der Waals surface area contributed by atoms with E-state index < -0.39 is 0 Å². The highest BCUT2D eigenvalue weighted by molar-refractivity contribution is 5.54. The molecule has 146 valence electrons. The van der Waals surface area contributed by atoms with Crippen LogP contribution in [-0.4, -0.2) is 37.8 Å². The van der Waals surface area contributed by atoms with E-state index in [0.29, 0.717) is 24.1 Å². The molecule has 7 heteroatoms. The van der Waals surface area contributed by atoms with Gasteiger partial charge in [-0.3, -0.25) is 9.89 Å². The monoisotopic (exact) mass is 378 g/mol. The van der Waals surface area contributed by atoms with E-state index in [2.05, 4.69) is 33.9 Å². The first-order valence-corrected chi connectivity index (χ1v) is 9.90. The van der Waals surface area contributed by atoms with Gasteiger partial charge in [-0.15, -0.1) is 0 Å². The first kappa shape index (κ1) is 18.4. The van der Waals surface area contributed by atoms with Crippen LogP contribution in [0, 0.1) is 5.92 Å². The maximum absolute atomic E-state index is 12.9. The summed E-state index contributed by atoms with van der Waals surface area (Å²) < 4.78 is 1.76. The number of rotatable bonds is 5. The fourth-order valence-electron chi connectivity index (χ4n) is 3.76. The Balaban J connectivity index is 1.54. The van der Waals surface area contributed by atoms with Crippen LogP contribution in [0.4, 0.5) is 5.82 Å². The van der Waals surface area contributed by atoms with Crippen LogP contribution in [0.25, 0.3) is 11.4 Å². The Kier molecular flexibility index (Phi) is 5.23. The fourth-order valence-corrected chi connectivity index (χ4v) is 3.76. The lowest BCUT2D eigenvalue weighted by atomic mass is 9.97. The summed E-state index contributed by atoms with van der Waals surface area (Å²) in [7, 11) is 0. The SMILES string of the molecule is CC(C)Cn1ccnc(N2CCCC(c3nc(-c4ccccc4)n[nH]3)C2)c1=O. The number of aromatic amines is 1. The largest absolute Gasteiger partial charge is 0.351 e. The zero-order valence-electron chi connectivity index (χ0n) is 16.4. The highest BCUT2D eigenvalue weighted by Gasteiger charge is 2.26. The number of nitrogens with zero attached hydrogens (tertiary/aromatic N) is 5. The maximum atomic E-state index is 12.9. The minimum atomic E-state index is -0.0144. The third-order valence-electron chi connectivity index (χ3n) is 5.10. The first-order valence-electron chi connectivity index (χ1n) is 9.90. The number of piperidine rings is 1. The molecule has 4 rings (SSSR count). The van der Waals surface area contributed by atoms with E-state index in [1.165, 1.54) is 0 Å². The van der Waals surface area contributed by atoms with Crippen LogP contribution in [0.3, 0.4) is 0 Å². The number of H-pyrrole nitrogens is 1. The van der Waals surface area contributed by atoms with E-state index in [-0.39, 0.29) is 11.5 Å². The predicted molar refractivity (Wildman–Crippen MR) is 109 cm³/mol. The molecule has 7 nitrogen and oxygen atoms in total. The van der Waals surface area contributed by atoms with Gasteiger partial charge in [0, 0.05) is 43.5 Å². The number of hydrogen-bond donors (Lipinski definition) is 1. The third-order valence-corrected chi connectivity index (χ3v) is 5.10. The normalized spacial score (nSPS) is 17.2. The summed E-state index contributed by atoms with van der Waals surface area (Å²) in [5.41, 5.74) is 0.985. The molecule has 1 aliphatic heterocycles. The number of anilines is 1. The van der Waals surface area contributed by atoms with Crippen molar-refractivity contribution in [3.8, 4) is 11.4 Å². The van der Waals surface area contributed by atoms with Gasteiger partial charge in [-0.1, -0.05) is 44.2 Å². The molecule has 0 spiro atoms. The number of hydrogen-bond acceptors (Lipinski definition) is 5. The maximum Gasteiger partial charge on any atom is 0.293 e. The highest BCUT2D eigenvalue weighted by atomic mass is 16.1. The van der Waals surface area contributed by atoms with Gasteiger partial charge >= 0.3 is 0 Å². The smallest absolute Gasteiger partial charge is 0.293 e. The molecule has 3 aromatic rings. The van der Waals surface area contributed by atoms with Crippen molar-refractivity contribution < 1.29 is 0 Å². The van der Waals surface area contributed by atoms with E-state index in [0.717, 1.165) is 37.3 Å². The van der Waals surface area contributed by atoms with Gasteiger partial charge in [0.15, 0.2) is 11.6 Å². The van der Waals surface area contributed by atoms with Crippen molar-refractivity contribution >= 4 is 5.82 Å². The molecule has 3 heterocycles. The van der Waals surface area contributed by atoms with Crippen molar-refractivity contribution in [2.45, 2.75) is 39.2 Å². The average molecular weight is 378 g/mol. The molecule has 0 radical (unpaired) electrons. The van der Waals surface area contributed by atoms with Gasteiger partial charge in [0.1, 0.15) is 5.82 Å². The molecule has 1 N–H and O–H groups in total. The van der Waals surface area contributed by atoms with Gasteiger partial charge in [0.2, 0.25) is 0 Å². The summed E-state index contributed by atoms with van der Waals surface area (Å²) in [4.78, 5) is 24.1. The zero-order chi connectivity index (χ0) is 19.5. The third kappa shape index (κ3) is 3.83. The number of aromatic nitrogens is 5. The summed E-state index contributed by atoms with van der Waals surface area (Å²) in [5, 5.41) is 7.49. The Bertz CT molecular complexity index is 978. The average Bonchev–Trinajstić information content (AvgIpc) is 3.20. The Hall–Kier alpha value is -2.96. The topological polar surface area (TPSA) is 79.7 Å². The lowest BCUT2D eigenvalue weighted by molar-refractivity contribution is 0.479.